The second-order valence-electron chi connectivity index (χ2n) is 3.73. The van der Waals surface area contributed by atoms with Crippen molar-refractivity contribution in [2.24, 2.45) is 0 Å². The van der Waals surface area contributed by atoms with E-state index in [-0.39, 0.29) is 0 Å². The average Bonchev–Trinajstić information content (AvgIpc) is 2.62. The molecular weight excluding hydrogens is 261 g/mol. The predicted octanol–water partition coefficient (Wildman–Crippen LogP) is 3.40. The molecule has 1 aliphatic heterocycles. The van der Waals surface area contributed by atoms with Gasteiger partial charge in [0.2, 0.25) is 0 Å². The monoisotopic (exact) mass is 273 g/mol. The maximum Gasteiger partial charge on any atom is 0.0417 e. The zero-order chi connectivity index (χ0) is 9.97. The Morgan fingerprint density at radius 1 is 1.50 bits per heavy atom. The van der Waals surface area contributed by atoms with Gasteiger partial charge in [0.15, 0.2) is 0 Å². The molecule has 1 heterocycles. The lowest BCUT2D eigenvalue weighted by atomic mass is 10.1. The summed E-state index contributed by atoms with van der Waals surface area (Å²) in [7, 11) is 0. The van der Waals surface area contributed by atoms with Crippen LogP contribution in [0.5, 0.6) is 0 Å². The molecule has 0 aromatic heterocycles. The van der Waals surface area contributed by atoms with Crippen LogP contribution < -0.4 is 5.32 Å². The first kappa shape index (κ1) is 10.5. The molecule has 0 saturated carbocycles. The molecule has 14 heavy (non-hydrogen) atoms. The molecule has 2 rings (SSSR count). The fourth-order valence-corrected chi connectivity index (χ4v) is 2.73. The molecule has 1 unspecified atom stereocenters. The maximum absolute atomic E-state index is 5.89. The van der Waals surface area contributed by atoms with Crippen LogP contribution in [0.3, 0.4) is 0 Å². The van der Waals surface area contributed by atoms with Gasteiger partial charge in [-0.3, -0.25) is 0 Å². The van der Waals surface area contributed by atoms with E-state index in [2.05, 4.69) is 27.3 Å². The fraction of sp³-hybridized carbons (Fsp3) is 0.455. The summed E-state index contributed by atoms with van der Waals surface area (Å²) in [5.41, 5.74) is 1.34. The minimum Gasteiger partial charge on any atom is -0.314 e. The van der Waals surface area contributed by atoms with Crippen LogP contribution in [0.4, 0.5) is 0 Å². The molecular formula is C11H13BrClN. The maximum atomic E-state index is 5.89. The van der Waals surface area contributed by atoms with Gasteiger partial charge in [-0.25, -0.2) is 0 Å². The summed E-state index contributed by atoms with van der Waals surface area (Å²) in [5, 5.41) is 4.28. The lowest BCUT2D eigenvalue weighted by molar-refractivity contribution is 0.602. The van der Waals surface area contributed by atoms with Crippen molar-refractivity contribution in [2.75, 3.05) is 6.54 Å². The largest absolute Gasteiger partial charge is 0.314 e. The number of hydrogen-bond acceptors (Lipinski definition) is 1. The summed E-state index contributed by atoms with van der Waals surface area (Å²) < 4.78 is 1.12. The lowest BCUT2D eigenvalue weighted by Crippen LogP contribution is -2.23. The van der Waals surface area contributed by atoms with Crippen molar-refractivity contribution < 1.29 is 0 Å². The summed E-state index contributed by atoms with van der Waals surface area (Å²) in [6, 6.07) is 6.67. The first-order valence-corrected chi connectivity index (χ1v) is 6.10. The Kier molecular flexibility index (Phi) is 3.47. The highest BCUT2D eigenvalue weighted by atomic mass is 79.9. The second kappa shape index (κ2) is 4.65. The molecule has 0 spiro atoms. The van der Waals surface area contributed by atoms with Crippen LogP contribution in [-0.2, 0) is 6.42 Å². The van der Waals surface area contributed by atoms with Gasteiger partial charge in [0, 0.05) is 15.5 Å². The third kappa shape index (κ3) is 2.50. The van der Waals surface area contributed by atoms with Crippen LogP contribution in [0.25, 0.3) is 0 Å². The van der Waals surface area contributed by atoms with Gasteiger partial charge in [-0.05, 0) is 43.5 Å². The van der Waals surface area contributed by atoms with E-state index in [4.69, 9.17) is 11.6 Å². The Balaban J connectivity index is 2.08. The first-order chi connectivity index (χ1) is 6.75. The topological polar surface area (TPSA) is 12.0 Å². The van der Waals surface area contributed by atoms with Crippen LogP contribution in [0.1, 0.15) is 18.4 Å². The van der Waals surface area contributed by atoms with Gasteiger partial charge >= 0.3 is 0 Å². The van der Waals surface area contributed by atoms with Crippen LogP contribution in [0.15, 0.2) is 22.7 Å². The molecule has 1 aromatic carbocycles. The molecule has 1 atom stereocenters. The van der Waals surface area contributed by atoms with E-state index in [9.17, 15) is 0 Å². The van der Waals surface area contributed by atoms with E-state index in [1.165, 1.54) is 18.4 Å². The zero-order valence-electron chi connectivity index (χ0n) is 7.89. The van der Waals surface area contributed by atoms with Gasteiger partial charge in [-0.2, -0.15) is 0 Å². The quantitative estimate of drug-likeness (QED) is 0.871. The highest BCUT2D eigenvalue weighted by Gasteiger charge is 2.15. The van der Waals surface area contributed by atoms with Gasteiger partial charge < -0.3 is 5.32 Å². The van der Waals surface area contributed by atoms with Crippen LogP contribution >= 0.6 is 27.5 Å². The summed E-state index contributed by atoms with van der Waals surface area (Å²) in [6.07, 6.45) is 3.68. The first-order valence-electron chi connectivity index (χ1n) is 4.93. The number of nitrogens with one attached hydrogen (secondary N) is 1. The van der Waals surface area contributed by atoms with Gasteiger partial charge in [0.1, 0.15) is 0 Å². The van der Waals surface area contributed by atoms with E-state index in [0.29, 0.717) is 6.04 Å². The van der Waals surface area contributed by atoms with E-state index in [1.54, 1.807) is 0 Å². The number of rotatable bonds is 2. The van der Waals surface area contributed by atoms with Crippen LogP contribution in [0.2, 0.25) is 5.02 Å². The second-order valence-corrected chi connectivity index (χ2v) is 5.02. The molecule has 1 fully saturated rings. The Bertz CT molecular complexity index is 321. The highest BCUT2D eigenvalue weighted by molar-refractivity contribution is 9.10. The zero-order valence-corrected chi connectivity index (χ0v) is 10.2. The highest BCUT2D eigenvalue weighted by Crippen LogP contribution is 2.24. The summed E-state index contributed by atoms with van der Waals surface area (Å²) in [6.45, 7) is 1.16. The van der Waals surface area contributed by atoms with Gasteiger partial charge in [0.25, 0.3) is 0 Å². The number of benzene rings is 1. The normalized spacial score (nSPS) is 21.4. The lowest BCUT2D eigenvalue weighted by Gasteiger charge is -2.11. The molecule has 0 amide bonds. The van der Waals surface area contributed by atoms with Crippen LogP contribution in [0, 0.1) is 0 Å². The molecule has 1 saturated heterocycles. The van der Waals surface area contributed by atoms with Gasteiger partial charge in [-0.15, -0.1) is 0 Å². The Morgan fingerprint density at radius 2 is 2.36 bits per heavy atom. The van der Waals surface area contributed by atoms with Crippen molar-refractivity contribution in [3.8, 4) is 0 Å². The Hall–Kier alpha value is -0.0500. The molecule has 0 radical (unpaired) electrons. The van der Waals surface area contributed by atoms with Crippen LogP contribution in [-0.4, -0.2) is 12.6 Å². The smallest absolute Gasteiger partial charge is 0.0417 e. The Labute approximate surface area is 98.0 Å². The molecule has 1 nitrogen and oxygen atoms in total. The summed E-state index contributed by atoms with van der Waals surface area (Å²) in [4.78, 5) is 0. The van der Waals surface area contributed by atoms with Gasteiger partial charge in [0.05, 0.1) is 0 Å². The van der Waals surface area contributed by atoms with Crippen molar-refractivity contribution >= 4 is 27.5 Å². The molecule has 0 bridgehead atoms. The van der Waals surface area contributed by atoms with Crippen molar-refractivity contribution in [2.45, 2.75) is 25.3 Å². The standard InChI is InChI=1S/C11H13BrClN/c12-11-7-9(13)4-3-8(11)6-10-2-1-5-14-10/h3-4,7,10,14H,1-2,5-6H2. The van der Waals surface area contributed by atoms with E-state index >= 15 is 0 Å². The SMILES string of the molecule is Clc1ccc(CC2CCCN2)c(Br)c1. The third-order valence-electron chi connectivity index (χ3n) is 2.64. The summed E-state index contributed by atoms with van der Waals surface area (Å²) in [5.74, 6) is 0. The predicted molar refractivity (Wildman–Crippen MR) is 63.9 cm³/mol. The molecule has 1 N–H and O–H groups in total. The van der Waals surface area contributed by atoms with E-state index < -0.39 is 0 Å². The minimum atomic E-state index is 0.646. The molecule has 1 aliphatic rings. The van der Waals surface area contributed by atoms with Gasteiger partial charge in [-0.1, -0.05) is 33.6 Å². The molecule has 3 heteroatoms. The minimum absolute atomic E-state index is 0.646. The van der Waals surface area contributed by atoms with Crippen molar-refractivity contribution in [1.82, 2.24) is 5.32 Å². The number of hydrogen-bond donors (Lipinski definition) is 1. The van der Waals surface area contributed by atoms with Crippen molar-refractivity contribution in [3.05, 3.63) is 33.3 Å². The molecule has 1 aromatic rings. The third-order valence-corrected chi connectivity index (χ3v) is 3.62. The van der Waals surface area contributed by atoms with E-state index in [0.717, 1.165) is 22.5 Å². The molecule has 0 aliphatic carbocycles. The van der Waals surface area contributed by atoms with Crippen molar-refractivity contribution in [3.63, 3.8) is 0 Å². The fourth-order valence-electron chi connectivity index (χ4n) is 1.88. The summed E-state index contributed by atoms with van der Waals surface area (Å²) >= 11 is 9.43. The average molecular weight is 275 g/mol. The number of halogens is 2. The Morgan fingerprint density at radius 3 is 3.00 bits per heavy atom. The van der Waals surface area contributed by atoms with E-state index in [1.807, 2.05) is 12.1 Å². The molecule has 76 valence electrons. The van der Waals surface area contributed by atoms with Crippen molar-refractivity contribution in [1.29, 1.82) is 0 Å².